The van der Waals surface area contributed by atoms with E-state index in [1.807, 2.05) is 6.92 Å². The van der Waals surface area contributed by atoms with Crippen molar-refractivity contribution in [2.24, 2.45) is 5.92 Å². The first-order valence-corrected chi connectivity index (χ1v) is 13.3. The van der Waals surface area contributed by atoms with Crippen LogP contribution in [-0.2, 0) is 22.7 Å². The number of para-hydroxylation sites is 1. The summed E-state index contributed by atoms with van der Waals surface area (Å²) in [6, 6.07) is 9.45. The highest BCUT2D eigenvalue weighted by Gasteiger charge is 2.23. The van der Waals surface area contributed by atoms with Crippen LogP contribution in [-0.4, -0.2) is 41.2 Å². The lowest BCUT2D eigenvalue weighted by atomic mass is 9.84. The lowest BCUT2D eigenvalue weighted by molar-refractivity contribution is -0.122. The minimum absolute atomic E-state index is 0.0618. The molecule has 1 aromatic heterocycles. The maximum atomic E-state index is 13.5. The first-order valence-electron chi connectivity index (χ1n) is 13.0. The van der Waals surface area contributed by atoms with E-state index in [9.17, 15) is 19.2 Å². The highest BCUT2D eigenvalue weighted by Crippen LogP contribution is 2.36. The normalized spacial score (nSPS) is 14.6. The minimum atomic E-state index is -0.756. The van der Waals surface area contributed by atoms with E-state index in [0.717, 1.165) is 30.3 Å². The third-order valence-electron chi connectivity index (χ3n) is 7.23. The summed E-state index contributed by atoms with van der Waals surface area (Å²) in [4.78, 5) is 52.7. The van der Waals surface area contributed by atoms with E-state index in [1.54, 1.807) is 24.3 Å². The molecule has 0 bridgehead atoms. The second-order valence-electron chi connectivity index (χ2n) is 9.77. The standard InChI is InChI=1S/C28H33ClN4O6/c1-17(18-9-5-4-6-10-18)30-25(34)16-33-27(36)19-11-7-8-12-22(19)32(28(33)37)15-26(35)31-21-13-20(29)23(38-2)14-24(21)39-3/h7-8,11-14,17-18H,4-6,9-10,15-16H2,1-3H3,(H,30,34)(H,31,35)/t17-/m1/s1. The van der Waals surface area contributed by atoms with Crippen molar-refractivity contribution in [3.63, 3.8) is 0 Å². The lowest BCUT2D eigenvalue weighted by Gasteiger charge is -2.28. The Labute approximate surface area is 230 Å². The molecule has 4 rings (SSSR count). The molecule has 39 heavy (non-hydrogen) atoms. The molecule has 1 heterocycles. The number of anilines is 1. The van der Waals surface area contributed by atoms with Crippen LogP contribution in [0.15, 0.2) is 46.0 Å². The van der Waals surface area contributed by atoms with E-state index in [0.29, 0.717) is 17.4 Å². The quantitative estimate of drug-likeness (QED) is 0.416. The van der Waals surface area contributed by atoms with Crippen LogP contribution in [0.25, 0.3) is 10.9 Å². The zero-order chi connectivity index (χ0) is 28.1. The molecule has 0 radical (unpaired) electrons. The van der Waals surface area contributed by atoms with Crippen LogP contribution < -0.4 is 31.4 Å². The van der Waals surface area contributed by atoms with Crippen molar-refractivity contribution in [3.05, 3.63) is 62.3 Å². The fourth-order valence-electron chi connectivity index (χ4n) is 5.15. The number of hydrogen-bond acceptors (Lipinski definition) is 6. The Morgan fingerprint density at radius 2 is 1.64 bits per heavy atom. The molecule has 10 nitrogen and oxygen atoms in total. The summed E-state index contributed by atoms with van der Waals surface area (Å²) in [5.41, 5.74) is -0.768. The number of methoxy groups -OCH3 is 2. The fourth-order valence-corrected chi connectivity index (χ4v) is 5.39. The topological polar surface area (TPSA) is 121 Å². The van der Waals surface area contributed by atoms with Crippen molar-refractivity contribution in [1.82, 2.24) is 14.5 Å². The van der Waals surface area contributed by atoms with Crippen LogP contribution in [0.2, 0.25) is 5.02 Å². The van der Waals surface area contributed by atoms with Crippen molar-refractivity contribution in [3.8, 4) is 11.5 Å². The SMILES string of the molecule is COc1cc(OC)c(NC(=O)Cn2c(=O)n(CC(=O)N[C@H](C)C3CCCCC3)c(=O)c3ccccc32)cc1Cl. The van der Waals surface area contributed by atoms with Gasteiger partial charge in [-0.2, -0.15) is 0 Å². The maximum Gasteiger partial charge on any atom is 0.332 e. The second kappa shape index (κ2) is 12.4. The summed E-state index contributed by atoms with van der Waals surface area (Å²) in [6.07, 6.45) is 5.56. The van der Waals surface area contributed by atoms with E-state index < -0.39 is 36.2 Å². The van der Waals surface area contributed by atoms with Gasteiger partial charge in [-0.25, -0.2) is 4.79 Å². The van der Waals surface area contributed by atoms with Gasteiger partial charge in [0.1, 0.15) is 24.6 Å². The first kappa shape index (κ1) is 28.2. The Morgan fingerprint density at radius 3 is 2.33 bits per heavy atom. The van der Waals surface area contributed by atoms with Gasteiger partial charge in [0.05, 0.1) is 35.8 Å². The monoisotopic (exact) mass is 556 g/mol. The molecular formula is C28H33ClN4O6. The predicted octanol–water partition coefficient (Wildman–Crippen LogP) is 3.56. The van der Waals surface area contributed by atoms with Gasteiger partial charge >= 0.3 is 5.69 Å². The van der Waals surface area contributed by atoms with Gasteiger partial charge in [-0.3, -0.25) is 23.5 Å². The summed E-state index contributed by atoms with van der Waals surface area (Å²) in [5.74, 6) is 0.0887. The highest BCUT2D eigenvalue weighted by atomic mass is 35.5. The van der Waals surface area contributed by atoms with Gasteiger partial charge in [0.15, 0.2) is 0 Å². The maximum absolute atomic E-state index is 13.5. The molecule has 1 aliphatic rings. The third-order valence-corrected chi connectivity index (χ3v) is 7.52. The molecule has 1 fully saturated rings. The largest absolute Gasteiger partial charge is 0.495 e. The number of ether oxygens (including phenoxy) is 2. The van der Waals surface area contributed by atoms with Gasteiger partial charge in [0.2, 0.25) is 11.8 Å². The number of fused-ring (bicyclic) bond motifs is 1. The van der Waals surface area contributed by atoms with Crippen LogP contribution >= 0.6 is 11.6 Å². The molecule has 1 aliphatic carbocycles. The van der Waals surface area contributed by atoms with Crippen LogP contribution in [0.4, 0.5) is 5.69 Å². The van der Waals surface area contributed by atoms with Gasteiger partial charge in [-0.15, -0.1) is 0 Å². The second-order valence-corrected chi connectivity index (χ2v) is 10.2. The molecular weight excluding hydrogens is 524 g/mol. The average Bonchev–Trinajstić information content (AvgIpc) is 2.94. The minimum Gasteiger partial charge on any atom is -0.495 e. The van der Waals surface area contributed by atoms with Gasteiger partial charge in [0.25, 0.3) is 5.56 Å². The predicted molar refractivity (Wildman–Crippen MR) is 150 cm³/mol. The van der Waals surface area contributed by atoms with Gasteiger partial charge in [-0.05, 0) is 43.9 Å². The van der Waals surface area contributed by atoms with E-state index in [4.69, 9.17) is 21.1 Å². The van der Waals surface area contributed by atoms with Crippen molar-refractivity contribution < 1.29 is 19.1 Å². The Morgan fingerprint density at radius 1 is 0.974 bits per heavy atom. The number of carbonyl (C=O) groups excluding carboxylic acids is 2. The van der Waals surface area contributed by atoms with Crippen LogP contribution in [0, 0.1) is 5.92 Å². The van der Waals surface area contributed by atoms with Crippen molar-refractivity contribution >= 4 is 40.0 Å². The molecule has 208 valence electrons. The highest BCUT2D eigenvalue weighted by molar-refractivity contribution is 6.32. The number of rotatable bonds is 9. The first-order chi connectivity index (χ1) is 18.7. The van der Waals surface area contributed by atoms with Crippen molar-refractivity contribution in [2.45, 2.75) is 58.2 Å². The molecule has 0 aliphatic heterocycles. The summed E-state index contributed by atoms with van der Waals surface area (Å²) < 4.78 is 12.6. The Hall–Kier alpha value is -3.79. The number of nitrogens with one attached hydrogen (secondary N) is 2. The lowest BCUT2D eigenvalue weighted by Crippen LogP contribution is -2.47. The molecule has 1 saturated carbocycles. The summed E-state index contributed by atoms with van der Waals surface area (Å²) in [6.45, 7) is 1.11. The van der Waals surface area contributed by atoms with Crippen molar-refractivity contribution in [2.75, 3.05) is 19.5 Å². The summed E-state index contributed by atoms with van der Waals surface area (Å²) in [7, 11) is 2.90. The molecule has 11 heteroatoms. The van der Waals surface area contributed by atoms with Gasteiger partial charge < -0.3 is 20.1 Å². The zero-order valence-electron chi connectivity index (χ0n) is 22.3. The van der Waals surface area contributed by atoms with Crippen molar-refractivity contribution in [1.29, 1.82) is 0 Å². The number of hydrogen-bond donors (Lipinski definition) is 2. The Bertz CT molecular complexity index is 1490. The molecule has 0 saturated heterocycles. The van der Waals surface area contributed by atoms with Crippen LogP contribution in [0.5, 0.6) is 11.5 Å². The Balaban J connectivity index is 1.61. The number of halogens is 1. The van der Waals surface area contributed by atoms with Crippen LogP contribution in [0.1, 0.15) is 39.0 Å². The fraction of sp³-hybridized carbons (Fsp3) is 0.429. The number of amides is 2. The molecule has 0 spiro atoms. The number of benzene rings is 2. The van der Waals surface area contributed by atoms with E-state index in [2.05, 4.69) is 10.6 Å². The van der Waals surface area contributed by atoms with Gasteiger partial charge in [-0.1, -0.05) is 43.0 Å². The summed E-state index contributed by atoms with van der Waals surface area (Å²) >= 11 is 6.21. The summed E-state index contributed by atoms with van der Waals surface area (Å²) in [5, 5.41) is 6.15. The molecule has 2 N–H and O–H groups in total. The molecule has 0 unspecified atom stereocenters. The Kier molecular flexibility index (Phi) is 8.96. The number of carbonyl (C=O) groups is 2. The smallest absolute Gasteiger partial charge is 0.332 e. The average molecular weight is 557 g/mol. The van der Waals surface area contributed by atoms with Gasteiger partial charge in [0, 0.05) is 12.1 Å². The molecule has 3 aromatic rings. The molecule has 1 atom stereocenters. The third kappa shape index (κ3) is 6.27. The number of aromatic nitrogens is 2. The van der Waals surface area contributed by atoms with E-state index in [1.165, 1.54) is 37.3 Å². The number of nitrogens with zero attached hydrogens (tertiary/aromatic N) is 2. The molecule has 2 aromatic carbocycles. The van der Waals surface area contributed by atoms with E-state index >= 15 is 0 Å². The van der Waals surface area contributed by atoms with E-state index in [-0.39, 0.29) is 27.7 Å². The van der Waals surface area contributed by atoms with Crippen LogP contribution in [0.3, 0.4) is 0 Å². The zero-order valence-corrected chi connectivity index (χ0v) is 23.0. The molecule has 2 amide bonds.